The van der Waals surface area contributed by atoms with E-state index in [0.29, 0.717) is 19.3 Å². The van der Waals surface area contributed by atoms with Crippen LogP contribution in [0.4, 0.5) is 0 Å². The van der Waals surface area contributed by atoms with E-state index in [1.165, 1.54) is 0 Å². The number of carbonyl (C=O) groups excluding carboxylic acids is 3. The quantitative estimate of drug-likeness (QED) is 0.666. The minimum atomic E-state index is -0.697. The van der Waals surface area contributed by atoms with Crippen molar-refractivity contribution in [1.29, 1.82) is 0 Å². The van der Waals surface area contributed by atoms with E-state index < -0.39 is 33.9 Å². The summed E-state index contributed by atoms with van der Waals surface area (Å²) >= 11 is 15.9. The molecule has 3 unspecified atom stereocenters. The van der Waals surface area contributed by atoms with E-state index in [-0.39, 0.29) is 13.2 Å². The van der Waals surface area contributed by atoms with Crippen LogP contribution >= 0.6 is 34.8 Å². The van der Waals surface area contributed by atoms with Crippen molar-refractivity contribution in [2.75, 3.05) is 13.2 Å². The summed E-state index contributed by atoms with van der Waals surface area (Å²) in [6.07, 6.45) is 0.626. The fourth-order valence-corrected chi connectivity index (χ4v) is 2.46. The van der Waals surface area contributed by atoms with E-state index in [0.717, 1.165) is 0 Å². The predicted molar refractivity (Wildman–Crippen MR) is 69.4 cm³/mol. The Morgan fingerprint density at radius 3 is 2.05 bits per heavy atom. The van der Waals surface area contributed by atoms with Crippen molar-refractivity contribution in [3.05, 3.63) is 0 Å². The normalized spacial score (nSPS) is 27.0. The number of rotatable bonds is 7. The Hall–Kier alpha value is -0.200. The van der Waals surface area contributed by atoms with Crippen molar-refractivity contribution in [3.8, 4) is 0 Å². The molecular formula is C11H13Cl3O5. The molecule has 0 heterocycles. The molecule has 0 aromatic carbocycles. The molecule has 0 amide bonds. The van der Waals surface area contributed by atoms with Gasteiger partial charge in [0, 0.05) is 0 Å². The van der Waals surface area contributed by atoms with Crippen LogP contribution < -0.4 is 0 Å². The molecule has 108 valence electrons. The zero-order valence-corrected chi connectivity index (χ0v) is 12.2. The Morgan fingerprint density at radius 2 is 1.53 bits per heavy atom. The maximum absolute atomic E-state index is 11.4. The summed E-state index contributed by atoms with van der Waals surface area (Å²) < 4.78 is 10.6. The average Bonchev–Trinajstić information content (AvgIpc) is 2.33. The van der Waals surface area contributed by atoms with E-state index in [1.54, 1.807) is 0 Å². The van der Waals surface area contributed by atoms with E-state index >= 15 is 0 Å². The first-order valence-corrected chi connectivity index (χ1v) is 6.84. The molecule has 1 aliphatic carbocycles. The first kappa shape index (κ1) is 16.9. The van der Waals surface area contributed by atoms with Gasteiger partial charge in [0.15, 0.2) is 0 Å². The van der Waals surface area contributed by atoms with E-state index in [4.69, 9.17) is 44.3 Å². The summed E-state index contributed by atoms with van der Waals surface area (Å²) in [5.41, 5.74) is 0. The Kier molecular flexibility index (Phi) is 7.25. The molecule has 0 spiro atoms. The van der Waals surface area contributed by atoms with E-state index in [2.05, 4.69) is 0 Å². The van der Waals surface area contributed by atoms with Crippen LogP contribution in [0.2, 0.25) is 0 Å². The molecule has 8 heteroatoms. The van der Waals surface area contributed by atoms with Crippen LogP contribution in [0, 0.1) is 5.92 Å². The minimum Gasteiger partial charge on any atom is -0.366 e. The SMILES string of the molecule is O=C(Cl)COC1CCCC(C(=O)Cl)C1OCC(=O)Cl. The van der Waals surface area contributed by atoms with Crippen LogP contribution in [0.25, 0.3) is 0 Å². The number of hydrogen-bond donors (Lipinski definition) is 0. The van der Waals surface area contributed by atoms with Crippen LogP contribution in [0.15, 0.2) is 0 Å². The first-order valence-electron chi connectivity index (χ1n) is 5.71. The molecule has 5 nitrogen and oxygen atoms in total. The monoisotopic (exact) mass is 330 g/mol. The van der Waals surface area contributed by atoms with Crippen LogP contribution in [0.5, 0.6) is 0 Å². The lowest BCUT2D eigenvalue weighted by molar-refractivity contribution is -0.147. The lowest BCUT2D eigenvalue weighted by Crippen LogP contribution is -2.44. The third-order valence-corrected chi connectivity index (χ3v) is 3.36. The highest BCUT2D eigenvalue weighted by Crippen LogP contribution is 2.31. The lowest BCUT2D eigenvalue weighted by atomic mass is 9.85. The fourth-order valence-electron chi connectivity index (χ4n) is 2.11. The van der Waals surface area contributed by atoms with Crippen molar-refractivity contribution in [3.63, 3.8) is 0 Å². The number of hydrogen-bond acceptors (Lipinski definition) is 5. The van der Waals surface area contributed by atoms with Crippen molar-refractivity contribution in [2.24, 2.45) is 5.92 Å². The Labute approximate surface area is 125 Å². The molecule has 3 atom stereocenters. The van der Waals surface area contributed by atoms with Crippen molar-refractivity contribution in [1.82, 2.24) is 0 Å². The molecule has 19 heavy (non-hydrogen) atoms. The zero-order chi connectivity index (χ0) is 14.4. The van der Waals surface area contributed by atoms with Gasteiger partial charge in [0.25, 0.3) is 0 Å². The molecule has 0 aliphatic heterocycles. The number of carbonyl (C=O) groups is 3. The smallest absolute Gasteiger partial charge is 0.247 e. The average molecular weight is 332 g/mol. The van der Waals surface area contributed by atoms with Gasteiger partial charge in [-0.2, -0.15) is 0 Å². The van der Waals surface area contributed by atoms with E-state index in [1.807, 2.05) is 0 Å². The van der Waals surface area contributed by atoms with Gasteiger partial charge in [0.05, 0.1) is 18.1 Å². The van der Waals surface area contributed by atoms with Gasteiger partial charge in [-0.15, -0.1) is 0 Å². The summed E-state index contributed by atoms with van der Waals surface area (Å²) in [6, 6.07) is 0. The summed E-state index contributed by atoms with van der Waals surface area (Å²) in [5.74, 6) is -0.582. The van der Waals surface area contributed by atoms with Gasteiger partial charge < -0.3 is 9.47 Å². The molecule has 0 aromatic heterocycles. The highest BCUT2D eigenvalue weighted by molar-refractivity contribution is 6.64. The number of ether oxygens (including phenoxy) is 2. The second-order valence-corrected chi connectivity index (χ2v) is 5.39. The first-order chi connectivity index (χ1) is 8.91. The molecule has 1 saturated carbocycles. The Morgan fingerprint density at radius 1 is 0.947 bits per heavy atom. The van der Waals surface area contributed by atoms with Gasteiger partial charge in [-0.05, 0) is 54.1 Å². The summed E-state index contributed by atoms with van der Waals surface area (Å²) in [5, 5.41) is -1.89. The van der Waals surface area contributed by atoms with Crippen LogP contribution in [0.3, 0.4) is 0 Å². The van der Waals surface area contributed by atoms with Crippen LogP contribution in [-0.2, 0) is 23.9 Å². The largest absolute Gasteiger partial charge is 0.366 e. The molecule has 1 fully saturated rings. The third kappa shape index (κ3) is 5.75. The highest BCUT2D eigenvalue weighted by atomic mass is 35.5. The Balaban J connectivity index is 2.70. The molecule has 0 saturated heterocycles. The van der Waals surface area contributed by atoms with Crippen molar-refractivity contribution >= 4 is 50.5 Å². The van der Waals surface area contributed by atoms with Crippen molar-refractivity contribution in [2.45, 2.75) is 31.5 Å². The minimum absolute atomic E-state index is 0.288. The van der Waals surface area contributed by atoms with Gasteiger partial charge in [0.2, 0.25) is 15.7 Å². The van der Waals surface area contributed by atoms with Gasteiger partial charge >= 0.3 is 0 Å². The summed E-state index contributed by atoms with van der Waals surface area (Å²) in [7, 11) is 0. The number of halogens is 3. The van der Waals surface area contributed by atoms with Crippen molar-refractivity contribution < 1.29 is 23.9 Å². The molecule has 0 bridgehead atoms. The second-order valence-electron chi connectivity index (χ2n) is 4.18. The summed E-state index contributed by atoms with van der Waals surface area (Å²) in [6.45, 7) is -0.633. The van der Waals surface area contributed by atoms with E-state index in [9.17, 15) is 14.4 Å². The third-order valence-electron chi connectivity index (χ3n) is 2.86. The lowest BCUT2D eigenvalue weighted by Gasteiger charge is -2.35. The van der Waals surface area contributed by atoms with Gasteiger partial charge in [0.1, 0.15) is 13.2 Å². The molecule has 1 aliphatic rings. The maximum Gasteiger partial charge on any atom is 0.247 e. The zero-order valence-electron chi connectivity index (χ0n) is 9.94. The topological polar surface area (TPSA) is 69.7 Å². The molecule has 1 rings (SSSR count). The molecule has 0 radical (unpaired) electrons. The molecular weight excluding hydrogens is 318 g/mol. The standard InChI is InChI=1S/C11H13Cl3O5/c12-8(15)4-18-7-3-1-2-6(11(14)17)10(7)19-5-9(13)16/h6-7,10H,1-5H2. The van der Waals surface area contributed by atoms with Gasteiger partial charge in [-0.3, -0.25) is 14.4 Å². The van der Waals surface area contributed by atoms with Gasteiger partial charge in [-0.25, -0.2) is 0 Å². The Bertz CT molecular complexity index is 360. The second kappa shape index (κ2) is 8.17. The fraction of sp³-hybridized carbons (Fsp3) is 0.727. The van der Waals surface area contributed by atoms with Gasteiger partial charge in [-0.1, -0.05) is 0 Å². The predicted octanol–water partition coefficient (Wildman–Crippen LogP) is 1.85. The summed E-state index contributed by atoms with van der Waals surface area (Å²) in [4.78, 5) is 32.8. The molecule has 0 N–H and O–H groups in total. The molecule has 0 aromatic rings. The highest BCUT2D eigenvalue weighted by Gasteiger charge is 2.38. The van der Waals surface area contributed by atoms with Crippen LogP contribution in [-0.4, -0.2) is 41.1 Å². The maximum atomic E-state index is 11.4. The van der Waals surface area contributed by atoms with Crippen LogP contribution in [0.1, 0.15) is 19.3 Å².